The third-order valence-electron chi connectivity index (χ3n) is 3.15. The van der Waals surface area contributed by atoms with Crippen molar-refractivity contribution < 1.29 is 14.2 Å². The Balaban J connectivity index is 2.06. The van der Waals surface area contributed by atoms with Crippen LogP contribution in [0.25, 0.3) is 0 Å². The van der Waals surface area contributed by atoms with E-state index in [0.29, 0.717) is 17.3 Å². The minimum atomic E-state index is 0.152. The van der Waals surface area contributed by atoms with Gasteiger partial charge in [0.15, 0.2) is 0 Å². The van der Waals surface area contributed by atoms with Gasteiger partial charge in [-0.05, 0) is 31.4 Å². The van der Waals surface area contributed by atoms with Gasteiger partial charge < -0.3 is 19.9 Å². The second kappa shape index (κ2) is 6.73. The molecule has 1 unspecified atom stereocenters. The van der Waals surface area contributed by atoms with Crippen molar-refractivity contribution in [1.82, 2.24) is 0 Å². The maximum Gasteiger partial charge on any atom is 0.133 e. The van der Waals surface area contributed by atoms with Crippen LogP contribution >= 0.6 is 12.2 Å². The van der Waals surface area contributed by atoms with Gasteiger partial charge in [0.05, 0.1) is 18.8 Å². The molecule has 0 aliphatic carbocycles. The molecule has 1 atom stereocenters. The second-order valence-electron chi connectivity index (χ2n) is 4.53. The van der Waals surface area contributed by atoms with Gasteiger partial charge in [-0.3, -0.25) is 0 Å². The third kappa shape index (κ3) is 3.81. The van der Waals surface area contributed by atoms with Crippen molar-refractivity contribution in [2.24, 2.45) is 5.73 Å². The molecule has 0 spiro atoms. The van der Waals surface area contributed by atoms with Crippen molar-refractivity contribution in [3.8, 4) is 11.5 Å². The first-order valence-electron chi connectivity index (χ1n) is 6.43. The Morgan fingerprint density at radius 1 is 1.47 bits per heavy atom. The number of ether oxygens (including phenoxy) is 3. The first kappa shape index (κ1) is 14.1. The summed E-state index contributed by atoms with van der Waals surface area (Å²) in [5.74, 6) is 1.38. The summed E-state index contributed by atoms with van der Waals surface area (Å²) >= 11 is 5.03. The predicted octanol–water partition coefficient (Wildman–Crippen LogP) is 2.28. The Kier molecular flexibility index (Phi) is 4.99. The van der Waals surface area contributed by atoms with Crippen molar-refractivity contribution in [2.45, 2.75) is 25.4 Å². The molecule has 1 fully saturated rings. The topological polar surface area (TPSA) is 53.7 Å². The number of thiocarbonyl (C=S) groups is 1. The van der Waals surface area contributed by atoms with E-state index in [1.807, 2.05) is 12.1 Å². The number of rotatable bonds is 5. The second-order valence-corrected chi connectivity index (χ2v) is 4.97. The molecule has 1 aliphatic rings. The van der Waals surface area contributed by atoms with Crippen LogP contribution in [-0.4, -0.2) is 31.4 Å². The fourth-order valence-corrected chi connectivity index (χ4v) is 2.24. The van der Waals surface area contributed by atoms with E-state index in [1.54, 1.807) is 13.2 Å². The first-order valence-corrected chi connectivity index (χ1v) is 6.84. The lowest BCUT2D eigenvalue weighted by Crippen LogP contribution is -2.26. The summed E-state index contributed by atoms with van der Waals surface area (Å²) in [6, 6.07) is 5.44. The van der Waals surface area contributed by atoms with E-state index in [9.17, 15) is 0 Å². The van der Waals surface area contributed by atoms with Crippen molar-refractivity contribution in [3.05, 3.63) is 23.8 Å². The zero-order valence-corrected chi connectivity index (χ0v) is 11.9. The molecule has 0 saturated carbocycles. The summed E-state index contributed by atoms with van der Waals surface area (Å²) in [5.41, 5.74) is 6.42. The summed E-state index contributed by atoms with van der Waals surface area (Å²) in [6.45, 7) is 1.33. The number of methoxy groups -OCH3 is 1. The lowest BCUT2D eigenvalue weighted by atomic mass is 10.1. The molecule has 1 aromatic rings. The monoisotopic (exact) mass is 281 g/mol. The largest absolute Gasteiger partial charge is 0.497 e. The van der Waals surface area contributed by atoms with Gasteiger partial charge in [0, 0.05) is 12.7 Å². The average Bonchev–Trinajstić information content (AvgIpc) is 2.45. The molecule has 2 N–H and O–H groups in total. The maximum absolute atomic E-state index is 5.81. The van der Waals surface area contributed by atoms with Crippen LogP contribution in [0.4, 0.5) is 0 Å². The molecule has 4 nitrogen and oxygen atoms in total. The Morgan fingerprint density at radius 2 is 2.32 bits per heavy atom. The van der Waals surface area contributed by atoms with Crippen LogP contribution in [0.3, 0.4) is 0 Å². The van der Waals surface area contributed by atoms with E-state index < -0.39 is 0 Å². The van der Waals surface area contributed by atoms with Gasteiger partial charge in [0.2, 0.25) is 0 Å². The summed E-state index contributed by atoms with van der Waals surface area (Å²) < 4.78 is 16.6. The highest BCUT2D eigenvalue weighted by atomic mass is 32.1. The van der Waals surface area contributed by atoms with Gasteiger partial charge in [-0.15, -0.1) is 0 Å². The smallest absolute Gasteiger partial charge is 0.133 e. The summed E-state index contributed by atoms with van der Waals surface area (Å²) in [4.78, 5) is 0.321. The van der Waals surface area contributed by atoms with Gasteiger partial charge in [-0.1, -0.05) is 12.2 Å². The Hall–Kier alpha value is -1.33. The van der Waals surface area contributed by atoms with Crippen LogP contribution in [-0.2, 0) is 4.74 Å². The first-order chi connectivity index (χ1) is 9.20. The lowest BCUT2D eigenvalue weighted by molar-refractivity contribution is -0.0111. The van der Waals surface area contributed by atoms with Crippen LogP contribution in [0.5, 0.6) is 11.5 Å². The zero-order valence-electron chi connectivity index (χ0n) is 11.1. The van der Waals surface area contributed by atoms with E-state index in [1.165, 1.54) is 6.42 Å². The maximum atomic E-state index is 5.81. The minimum absolute atomic E-state index is 0.152. The quantitative estimate of drug-likeness (QED) is 0.839. The molecule has 0 radical (unpaired) electrons. The standard InChI is InChI=1S/C14H19NO3S/c1-16-10-5-6-12(14(15)19)13(8-10)18-9-11-4-2-3-7-17-11/h5-6,8,11H,2-4,7,9H2,1H3,(H2,15,19). The van der Waals surface area contributed by atoms with Crippen molar-refractivity contribution in [2.75, 3.05) is 20.3 Å². The van der Waals surface area contributed by atoms with Gasteiger partial charge >= 0.3 is 0 Å². The van der Waals surface area contributed by atoms with Gasteiger partial charge in [-0.25, -0.2) is 0 Å². The van der Waals surface area contributed by atoms with Crippen molar-refractivity contribution in [1.29, 1.82) is 0 Å². The normalized spacial score (nSPS) is 18.9. The Labute approximate surface area is 118 Å². The third-order valence-corrected chi connectivity index (χ3v) is 3.37. The SMILES string of the molecule is COc1ccc(C(N)=S)c(OCC2CCCCO2)c1. The molecule has 0 aromatic heterocycles. The summed E-state index contributed by atoms with van der Waals surface area (Å²) in [5, 5.41) is 0. The molecule has 5 heteroatoms. The summed E-state index contributed by atoms with van der Waals surface area (Å²) in [7, 11) is 1.61. The van der Waals surface area contributed by atoms with E-state index in [4.69, 9.17) is 32.2 Å². The summed E-state index contributed by atoms with van der Waals surface area (Å²) in [6.07, 6.45) is 3.51. The lowest BCUT2D eigenvalue weighted by Gasteiger charge is -2.23. The van der Waals surface area contributed by atoms with E-state index >= 15 is 0 Å². The molecule has 2 rings (SSSR count). The predicted molar refractivity (Wildman–Crippen MR) is 78.0 cm³/mol. The van der Waals surface area contributed by atoms with Crippen LogP contribution in [0.2, 0.25) is 0 Å². The molecule has 1 aliphatic heterocycles. The Bertz CT molecular complexity index is 444. The molecule has 0 amide bonds. The van der Waals surface area contributed by atoms with Crippen LogP contribution in [0, 0.1) is 0 Å². The highest BCUT2D eigenvalue weighted by Crippen LogP contribution is 2.25. The molecule has 19 heavy (non-hydrogen) atoms. The highest BCUT2D eigenvalue weighted by molar-refractivity contribution is 7.80. The number of benzene rings is 1. The number of hydrogen-bond acceptors (Lipinski definition) is 4. The van der Waals surface area contributed by atoms with Crippen LogP contribution in [0.1, 0.15) is 24.8 Å². The molecular weight excluding hydrogens is 262 g/mol. The number of hydrogen-bond donors (Lipinski definition) is 1. The van der Waals surface area contributed by atoms with Gasteiger partial charge in [0.1, 0.15) is 23.1 Å². The van der Waals surface area contributed by atoms with Crippen LogP contribution < -0.4 is 15.2 Å². The number of nitrogens with two attached hydrogens (primary N) is 1. The Morgan fingerprint density at radius 3 is 2.95 bits per heavy atom. The zero-order chi connectivity index (χ0) is 13.7. The highest BCUT2D eigenvalue weighted by Gasteiger charge is 2.16. The van der Waals surface area contributed by atoms with Crippen LogP contribution in [0.15, 0.2) is 18.2 Å². The molecule has 104 valence electrons. The van der Waals surface area contributed by atoms with E-state index in [0.717, 1.165) is 30.8 Å². The van der Waals surface area contributed by atoms with Crippen molar-refractivity contribution >= 4 is 17.2 Å². The molecule has 1 heterocycles. The molecule has 1 aromatic carbocycles. The molecule has 0 bridgehead atoms. The average molecular weight is 281 g/mol. The fraction of sp³-hybridized carbons (Fsp3) is 0.500. The minimum Gasteiger partial charge on any atom is -0.497 e. The molecule has 1 saturated heterocycles. The van der Waals surface area contributed by atoms with Crippen molar-refractivity contribution in [3.63, 3.8) is 0 Å². The van der Waals surface area contributed by atoms with Gasteiger partial charge in [-0.2, -0.15) is 0 Å². The van der Waals surface area contributed by atoms with E-state index in [2.05, 4.69) is 0 Å². The van der Waals surface area contributed by atoms with Gasteiger partial charge in [0.25, 0.3) is 0 Å². The molecular formula is C14H19NO3S. The fourth-order valence-electron chi connectivity index (χ4n) is 2.07. The van der Waals surface area contributed by atoms with E-state index in [-0.39, 0.29) is 6.10 Å².